The second-order valence-electron chi connectivity index (χ2n) is 4.76. The Kier molecular flexibility index (Phi) is 4.32. The molecule has 0 unspecified atom stereocenters. The Morgan fingerprint density at radius 1 is 1.21 bits per heavy atom. The quantitative estimate of drug-likeness (QED) is 0.784. The maximum absolute atomic E-state index is 12.0. The van der Waals surface area contributed by atoms with Crippen LogP contribution in [0.1, 0.15) is 41.1 Å². The Balaban J connectivity index is 2.16. The van der Waals surface area contributed by atoms with E-state index < -0.39 is 0 Å². The molecule has 1 aromatic carbocycles. The molecule has 1 saturated carbocycles. The Hall–Kier alpha value is -1.68. The Morgan fingerprint density at radius 3 is 2.47 bits per heavy atom. The number of rotatable bonds is 3. The van der Waals surface area contributed by atoms with E-state index in [1.165, 1.54) is 7.11 Å². The van der Waals surface area contributed by atoms with Crippen molar-refractivity contribution < 1.29 is 19.1 Å². The van der Waals surface area contributed by atoms with Crippen molar-refractivity contribution in [1.29, 1.82) is 0 Å². The molecule has 0 N–H and O–H groups in total. The number of ketones is 1. The van der Waals surface area contributed by atoms with Crippen LogP contribution in [0.2, 0.25) is 0 Å². The molecule has 0 spiro atoms. The first-order valence-corrected chi connectivity index (χ1v) is 6.39. The van der Waals surface area contributed by atoms with E-state index in [-0.39, 0.29) is 23.8 Å². The lowest BCUT2D eigenvalue weighted by Gasteiger charge is -2.27. The summed E-state index contributed by atoms with van der Waals surface area (Å²) in [6.07, 6.45) is 2.21. The van der Waals surface area contributed by atoms with Crippen LogP contribution < -0.4 is 0 Å². The molecular weight excluding hydrogens is 244 g/mol. The van der Waals surface area contributed by atoms with Gasteiger partial charge in [0, 0.05) is 19.4 Å². The number of esters is 1. The van der Waals surface area contributed by atoms with Gasteiger partial charge in [-0.3, -0.25) is 4.79 Å². The fourth-order valence-corrected chi connectivity index (χ4v) is 2.50. The second-order valence-corrected chi connectivity index (χ2v) is 4.76. The van der Waals surface area contributed by atoms with Crippen LogP contribution in [0.3, 0.4) is 0 Å². The van der Waals surface area contributed by atoms with E-state index in [9.17, 15) is 9.59 Å². The number of benzene rings is 1. The van der Waals surface area contributed by atoms with Crippen LogP contribution in [-0.2, 0) is 14.3 Å². The molecule has 0 aromatic heterocycles. The van der Waals surface area contributed by atoms with Crippen molar-refractivity contribution in [2.24, 2.45) is 0 Å². The topological polar surface area (TPSA) is 52.6 Å². The van der Waals surface area contributed by atoms with E-state index in [2.05, 4.69) is 4.74 Å². The van der Waals surface area contributed by atoms with Gasteiger partial charge >= 0.3 is 5.97 Å². The van der Waals surface area contributed by atoms with E-state index in [1.807, 2.05) is 12.1 Å². The van der Waals surface area contributed by atoms with Crippen LogP contribution in [0.5, 0.6) is 0 Å². The van der Waals surface area contributed by atoms with Crippen LogP contribution in [0.15, 0.2) is 24.3 Å². The molecule has 19 heavy (non-hydrogen) atoms. The summed E-state index contributed by atoms with van der Waals surface area (Å²) in [4.78, 5) is 23.3. The Bertz CT molecular complexity index is 464. The summed E-state index contributed by atoms with van der Waals surface area (Å²) in [7, 11) is 3.03. The van der Waals surface area contributed by atoms with Crippen LogP contribution in [0.4, 0.5) is 0 Å². The van der Waals surface area contributed by atoms with Gasteiger partial charge in [-0.15, -0.1) is 0 Å². The number of carbonyl (C=O) groups is 2. The molecular formula is C15H18O4. The minimum atomic E-state index is -0.365. The highest BCUT2D eigenvalue weighted by molar-refractivity contribution is 5.90. The average molecular weight is 262 g/mol. The highest BCUT2D eigenvalue weighted by Crippen LogP contribution is 2.31. The molecule has 2 atom stereocenters. The van der Waals surface area contributed by atoms with Crippen molar-refractivity contribution in [1.82, 2.24) is 0 Å². The molecule has 0 aliphatic heterocycles. The Labute approximate surface area is 112 Å². The van der Waals surface area contributed by atoms with Gasteiger partial charge in [0.1, 0.15) is 5.78 Å². The molecule has 102 valence electrons. The molecule has 1 fully saturated rings. The summed E-state index contributed by atoms with van der Waals surface area (Å²) in [5.74, 6) is -0.235. The van der Waals surface area contributed by atoms with Crippen LogP contribution >= 0.6 is 0 Å². The molecule has 4 heteroatoms. The van der Waals surface area contributed by atoms with Gasteiger partial charge in [0.25, 0.3) is 0 Å². The molecule has 0 radical (unpaired) electrons. The average Bonchev–Trinajstić information content (AvgIpc) is 2.47. The van der Waals surface area contributed by atoms with E-state index >= 15 is 0 Å². The third kappa shape index (κ3) is 3.01. The lowest BCUT2D eigenvalue weighted by molar-refractivity contribution is -0.124. The van der Waals surface area contributed by atoms with E-state index in [0.29, 0.717) is 18.4 Å². The maximum Gasteiger partial charge on any atom is 0.337 e. The third-order valence-electron chi connectivity index (χ3n) is 3.67. The number of hydrogen-bond acceptors (Lipinski definition) is 4. The first-order valence-electron chi connectivity index (χ1n) is 6.39. The highest BCUT2D eigenvalue weighted by atomic mass is 16.5. The summed E-state index contributed by atoms with van der Waals surface area (Å²) in [5.41, 5.74) is 1.44. The molecule has 0 saturated heterocycles. The summed E-state index contributed by atoms with van der Waals surface area (Å²) in [5, 5.41) is 0. The van der Waals surface area contributed by atoms with Gasteiger partial charge in [0.05, 0.1) is 18.8 Å². The standard InChI is InChI=1S/C15H18O4/c1-18-12-7-8-14(16)13(9-12)10-3-5-11(6-4-10)15(17)19-2/h3-6,12-13H,7-9H2,1-2H3/t12-,13-/m1/s1. The zero-order chi connectivity index (χ0) is 13.8. The van der Waals surface area contributed by atoms with Crippen molar-refractivity contribution in [3.05, 3.63) is 35.4 Å². The van der Waals surface area contributed by atoms with Gasteiger partial charge in [-0.25, -0.2) is 4.79 Å². The normalized spacial score (nSPS) is 23.2. The zero-order valence-corrected chi connectivity index (χ0v) is 11.2. The number of Topliss-reactive ketones (excluding diaryl/α,β-unsaturated/α-hetero) is 1. The van der Waals surface area contributed by atoms with Gasteiger partial charge < -0.3 is 9.47 Å². The van der Waals surface area contributed by atoms with Gasteiger partial charge in [0.2, 0.25) is 0 Å². The van der Waals surface area contributed by atoms with Crippen LogP contribution in [-0.4, -0.2) is 32.1 Å². The predicted molar refractivity (Wildman–Crippen MR) is 70.2 cm³/mol. The van der Waals surface area contributed by atoms with Gasteiger partial charge in [-0.05, 0) is 30.5 Å². The van der Waals surface area contributed by atoms with E-state index in [0.717, 1.165) is 12.0 Å². The van der Waals surface area contributed by atoms with Crippen molar-refractivity contribution in [2.75, 3.05) is 14.2 Å². The lowest BCUT2D eigenvalue weighted by atomic mass is 9.81. The SMILES string of the molecule is COC(=O)c1ccc([C@H]2C[C@H](OC)CCC2=O)cc1. The number of methoxy groups -OCH3 is 2. The van der Waals surface area contributed by atoms with Crippen LogP contribution in [0, 0.1) is 0 Å². The summed E-state index contributed by atoms with van der Waals surface area (Å²) in [6, 6.07) is 7.05. The molecule has 0 amide bonds. The summed E-state index contributed by atoms with van der Waals surface area (Å²) >= 11 is 0. The summed E-state index contributed by atoms with van der Waals surface area (Å²) in [6.45, 7) is 0. The maximum atomic E-state index is 12.0. The minimum Gasteiger partial charge on any atom is -0.465 e. The predicted octanol–water partition coefficient (Wildman–Crippen LogP) is 2.32. The van der Waals surface area contributed by atoms with Crippen molar-refractivity contribution in [2.45, 2.75) is 31.3 Å². The fraction of sp³-hybridized carbons (Fsp3) is 0.467. The molecule has 0 bridgehead atoms. The zero-order valence-electron chi connectivity index (χ0n) is 11.2. The second kappa shape index (κ2) is 5.97. The van der Waals surface area contributed by atoms with Crippen LogP contribution in [0.25, 0.3) is 0 Å². The first-order chi connectivity index (χ1) is 9.15. The van der Waals surface area contributed by atoms with E-state index in [4.69, 9.17) is 4.74 Å². The largest absolute Gasteiger partial charge is 0.465 e. The van der Waals surface area contributed by atoms with Crippen molar-refractivity contribution in [3.8, 4) is 0 Å². The molecule has 1 aromatic rings. The van der Waals surface area contributed by atoms with E-state index in [1.54, 1.807) is 19.2 Å². The first kappa shape index (κ1) is 13.7. The van der Waals surface area contributed by atoms with Gasteiger partial charge in [-0.1, -0.05) is 12.1 Å². The van der Waals surface area contributed by atoms with Crippen molar-refractivity contribution in [3.63, 3.8) is 0 Å². The molecule has 4 nitrogen and oxygen atoms in total. The monoisotopic (exact) mass is 262 g/mol. The fourth-order valence-electron chi connectivity index (χ4n) is 2.50. The highest BCUT2D eigenvalue weighted by Gasteiger charge is 2.29. The number of ether oxygens (including phenoxy) is 2. The summed E-state index contributed by atoms with van der Waals surface area (Å²) < 4.78 is 10.00. The molecule has 1 aliphatic carbocycles. The number of hydrogen-bond donors (Lipinski definition) is 0. The molecule has 0 heterocycles. The third-order valence-corrected chi connectivity index (χ3v) is 3.67. The van der Waals surface area contributed by atoms with Crippen molar-refractivity contribution >= 4 is 11.8 Å². The van der Waals surface area contributed by atoms with Gasteiger partial charge in [0.15, 0.2) is 0 Å². The molecule has 2 rings (SSSR count). The minimum absolute atomic E-state index is 0.120. The van der Waals surface area contributed by atoms with Gasteiger partial charge in [-0.2, -0.15) is 0 Å². The molecule has 1 aliphatic rings. The smallest absolute Gasteiger partial charge is 0.337 e. The lowest BCUT2D eigenvalue weighted by Crippen LogP contribution is -2.27. The Morgan fingerprint density at radius 2 is 1.89 bits per heavy atom. The number of carbonyl (C=O) groups excluding carboxylic acids is 2.